The fourth-order valence-corrected chi connectivity index (χ4v) is 4.00. The number of nitrogens with zero attached hydrogens (tertiary/aromatic N) is 5. The molecule has 2 amide bonds. The summed E-state index contributed by atoms with van der Waals surface area (Å²) in [7, 11) is 0. The Morgan fingerprint density at radius 2 is 1.97 bits per heavy atom. The topological polar surface area (TPSA) is 119 Å². The van der Waals surface area contributed by atoms with Gasteiger partial charge in [0.15, 0.2) is 11.5 Å². The Kier molecular flexibility index (Phi) is 6.62. The summed E-state index contributed by atoms with van der Waals surface area (Å²) in [6.07, 6.45) is 4.19. The van der Waals surface area contributed by atoms with Gasteiger partial charge in [0, 0.05) is 38.5 Å². The molecular formula is C23H30N6O4. The zero-order valence-electron chi connectivity index (χ0n) is 19.4. The monoisotopic (exact) mass is 454 g/mol. The predicted octanol–water partition coefficient (Wildman–Crippen LogP) is 2.88. The van der Waals surface area contributed by atoms with Crippen LogP contribution in [0.4, 0.5) is 0 Å². The average molecular weight is 455 g/mol. The summed E-state index contributed by atoms with van der Waals surface area (Å²) in [5, 5.41) is 15.8. The van der Waals surface area contributed by atoms with Crippen molar-refractivity contribution in [2.45, 2.75) is 53.1 Å². The zero-order chi connectivity index (χ0) is 23.5. The van der Waals surface area contributed by atoms with Crippen molar-refractivity contribution in [3.63, 3.8) is 0 Å². The number of rotatable bonds is 7. The molecule has 0 bridgehead atoms. The lowest BCUT2D eigenvalue weighted by Gasteiger charge is -2.23. The summed E-state index contributed by atoms with van der Waals surface area (Å²) < 4.78 is 12.4. The molecule has 0 saturated carbocycles. The van der Waals surface area contributed by atoms with Gasteiger partial charge in [-0.1, -0.05) is 32.9 Å². The van der Waals surface area contributed by atoms with Gasteiger partial charge in [0.05, 0.1) is 17.9 Å². The third-order valence-corrected chi connectivity index (χ3v) is 5.74. The SMILES string of the molecule is CC(C)Cc1cc(C(=O)N2CCc3nnc([C@@H](NC(=O)c4ccoc4)C(C)C)n3CC2)no1. The van der Waals surface area contributed by atoms with Crippen LogP contribution in [0.2, 0.25) is 0 Å². The molecule has 3 aromatic rings. The van der Waals surface area contributed by atoms with E-state index in [-0.39, 0.29) is 23.8 Å². The van der Waals surface area contributed by atoms with E-state index in [0.29, 0.717) is 49.1 Å². The molecule has 1 aliphatic rings. The molecule has 1 N–H and O–H groups in total. The first-order chi connectivity index (χ1) is 15.8. The fraction of sp³-hybridized carbons (Fsp3) is 0.522. The first kappa shape index (κ1) is 22.8. The first-order valence-electron chi connectivity index (χ1n) is 11.3. The van der Waals surface area contributed by atoms with Crippen LogP contribution in [0.15, 0.2) is 33.6 Å². The van der Waals surface area contributed by atoms with Crippen molar-refractivity contribution in [1.29, 1.82) is 0 Å². The Balaban J connectivity index is 1.48. The number of fused-ring (bicyclic) bond motifs is 1. The lowest BCUT2D eigenvalue weighted by molar-refractivity contribution is 0.0748. The van der Waals surface area contributed by atoms with Gasteiger partial charge in [-0.05, 0) is 17.9 Å². The van der Waals surface area contributed by atoms with E-state index in [9.17, 15) is 9.59 Å². The second-order valence-corrected chi connectivity index (χ2v) is 9.15. The van der Waals surface area contributed by atoms with Gasteiger partial charge < -0.3 is 23.7 Å². The highest BCUT2D eigenvalue weighted by Gasteiger charge is 2.29. The molecule has 0 saturated heterocycles. The highest BCUT2D eigenvalue weighted by molar-refractivity contribution is 5.94. The summed E-state index contributed by atoms with van der Waals surface area (Å²) in [5.74, 6) is 2.33. The van der Waals surface area contributed by atoms with Crippen molar-refractivity contribution < 1.29 is 18.5 Å². The second-order valence-electron chi connectivity index (χ2n) is 9.15. The van der Waals surface area contributed by atoms with Crippen LogP contribution in [0, 0.1) is 11.8 Å². The lowest BCUT2D eigenvalue weighted by Crippen LogP contribution is -2.35. The molecule has 4 heterocycles. The number of nitrogens with one attached hydrogen (secondary N) is 1. The summed E-state index contributed by atoms with van der Waals surface area (Å²) in [6, 6.07) is 3.03. The molecule has 0 unspecified atom stereocenters. The third-order valence-electron chi connectivity index (χ3n) is 5.74. The number of furan rings is 1. The van der Waals surface area contributed by atoms with Crippen LogP contribution in [0.25, 0.3) is 0 Å². The van der Waals surface area contributed by atoms with Gasteiger partial charge >= 0.3 is 0 Å². The molecular weight excluding hydrogens is 424 g/mol. The van der Waals surface area contributed by atoms with E-state index >= 15 is 0 Å². The van der Waals surface area contributed by atoms with Gasteiger partial charge in [-0.3, -0.25) is 9.59 Å². The Morgan fingerprint density at radius 1 is 1.15 bits per heavy atom. The number of carbonyl (C=O) groups is 2. The molecule has 1 atom stereocenters. The normalized spacial score (nSPS) is 14.9. The number of carbonyl (C=O) groups excluding carboxylic acids is 2. The molecule has 33 heavy (non-hydrogen) atoms. The maximum absolute atomic E-state index is 13.0. The van der Waals surface area contributed by atoms with Crippen molar-refractivity contribution in [2.24, 2.45) is 11.8 Å². The van der Waals surface area contributed by atoms with Crippen molar-refractivity contribution in [3.8, 4) is 0 Å². The number of amides is 2. The maximum atomic E-state index is 13.0. The Labute approximate surface area is 192 Å². The average Bonchev–Trinajstić information content (AvgIpc) is 3.51. The van der Waals surface area contributed by atoms with E-state index in [4.69, 9.17) is 8.94 Å². The van der Waals surface area contributed by atoms with E-state index in [0.717, 1.165) is 18.0 Å². The molecule has 0 fully saturated rings. The Bertz CT molecular complexity index is 1100. The minimum Gasteiger partial charge on any atom is -0.472 e. The molecule has 0 aromatic carbocycles. The van der Waals surface area contributed by atoms with E-state index in [1.54, 1.807) is 17.0 Å². The minimum absolute atomic E-state index is 0.0876. The Hall–Kier alpha value is -3.43. The van der Waals surface area contributed by atoms with Gasteiger partial charge in [-0.25, -0.2) is 0 Å². The maximum Gasteiger partial charge on any atom is 0.276 e. The van der Waals surface area contributed by atoms with E-state index < -0.39 is 0 Å². The van der Waals surface area contributed by atoms with Gasteiger partial charge in [-0.2, -0.15) is 0 Å². The molecule has 10 nitrogen and oxygen atoms in total. The van der Waals surface area contributed by atoms with Gasteiger partial charge in [0.1, 0.15) is 17.8 Å². The van der Waals surface area contributed by atoms with Crippen molar-refractivity contribution in [1.82, 2.24) is 30.1 Å². The van der Waals surface area contributed by atoms with E-state index in [1.807, 2.05) is 18.4 Å². The predicted molar refractivity (Wildman–Crippen MR) is 118 cm³/mol. The van der Waals surface area contributed by atoms with Crippen LogP contribution in [0.1, 0.15) is 72.0 Å². The Morgan fingerprint density at radius 3 is 2.67 bits per heavy atom. The first-order valence-corrected chi connectivity index (χ1v) is 11.3. The molecule has 0 radical (unpaired) electrons. The second kappa shape index (κ2) is 9.60. The molecule has 0 spiro atoms. The number of aromatic nitrogens is 4. The van der Waals surface area contributed by atoms with Crippen LogP contribution in [0.3, 0.4) is 0 Å². The highest BCUT2D eigenvalue weighted by Crippen LogP contribution is 2.23. The molecule has 1 aliphatic heterocycles. The summed E-state index contributed by atoms with van der Waals surface area (Å²) in [6.45, 7) is 9.76. The van der Waals surface area contributed by atoms with Crippen molar-refractivity contribution >= 4 is 11.8 Å². The molecule has 176 valence electrons. The highest BCUT2D eigenvalue weighted by atomic mass is 16.5. The summed E-state index contributed by atoms with van der Waals surface area (Å²) >= 11 is 0. The van der Waals surface area contributed by atoms with Gasteiger partial charge in [0.2, 0.25) is 0 Å². The largest absolute Gasteiger partial charge is 0.472 e. The van der Waals surface area contributed by atoms with Crippen molar-refractivity contribution in [3.05, 3.63) is 53.3 Å². The summed E-state index contributed by atoms with van der Waals surface area (Å²) in [4.78, 5) is 27.4. The van der Waals surface area contributed by atoms with E-state index in [2.05, 4.69) is 34.5 Å². The number of hydrogen-bond acceptors (Lipinski definition) is 7. The standard InChI is InChI=1S/C23H30N6O4/c1-14(2)11-17-12-18(27-33-17)23(31)28-7-5-19-25-26-21(29(19)9-8-28)20(15(3)4)24-22(30)16-6-10-32-13-16/h6,10,12-15,20H,5,7-9,11H2,1-4H3,(H,24,30)/t20-/m0/s1. The quantitative estimate of drug-likeness (QED) is 0.583. The molecule has 10 heteroatoms. The smallest absolute Gasteiger partial charge is 0.276 e. The summed E-state index contributed by atoms with van der Waals surface area (Å²) in [5.41, 5.74) is 0.786. The molecule has 3 aromatic heterocycles. The van der Waals surface area contributed by atoms with Gasteiger partial charge in [-0.15, -0.1) is 10.2 Å². The fourth-order valence-electron chi connectivity index (χ4n) is 4.00. The van der Waals surface area contributed by atoms with Crippen molar-refractivity contribution in [2.75, 3.05) is 13.1 Å². The van der Waals surface area contributed by atoms with Crippen LogP contribution in [-0.2, 0) is 19.4 Å². The van der Waals surface area contributed by atoms with Crippen LogP contribution in [0.5, 0.6) is 0 Å². The van der Waals surface area contributed by atoms with Crippen LogP contribution in [-0.4, -0.2) is 49.7 Å². The van der Waals surface area contributed by atoms with Crippen LogP contribution < -0.4 is 5.32 Å². The number of hydrogen-bond donors (Lipinski definition) is 1. The lowest BCUT2D eigenvalue weighted by atomic mass is 10.0. The molecule has 0 aliphatic carbocycles. The van der Waals surface area contributed by atoms with Gasteiger partial charge in [0.25, 0.3) is 11.8 Å². The third kappa shape index (κ3) is 4.99. The van der Waals surface area contributed by atoms with Crippen LogP contribution >= 0.6 is 0 Å². The van der Waals surface area contributed by atoms with E-state index in [1.165, 1.54) is 12.5 Å². The zero-order valence-corrected chi connectivity index (χ0v) is 19.4. The molecule has 4 rings (SSSR count). The minimum atomic E-state index is -0.329.